The van der Waals surface area contributed by atoms with Crippen molar-refractivity contribution in [3.05, 3.63) is 112 Å². The molecule has 3 amide bonds. The lowest BCUT2D eigenvalue weighted by Crippen LogP contribution is -2.58. The monoisotopic (exact) mass is 1050 g/mol. The van der Waals surface area contributed by atoms with Gasteiger partial charge in [0.05, 0.1) is 39.7 Å². The number of carbonyl (C=O) groups excluding carboxylic acids is 3. The van der Waals surface area contributed by atoms with Crippen LogP contribution in [-0.4, -0.2) is 131 Å². The number of ether oxygens (including phenoxy) is 3. The summed E-state index contributed by atoms with van der Waals surface area (Å²) >= 11 is 6.68. The van der Waals surface area contributed by atoms with E-state index in [2.05, 4.69) is 41.3 Å². The quantitative estimate of drug-likeness (QED) is 0.0609. The number of aromatic hydroxyl groups is 1. The summed E-state index contributed by atoms with van der Waals surface area (Å²) in [7, 11) is 0. The van der Waals surface area contributed by atoms with Gasteiger partial charge in [-0.3, -0.25) is 24.2 Å². The molecule has 0 aliphatic carbocycles. The van der Waals surface area contributed by atoms with Gasteiger partial charge in [-0.05, 0) is 90.6 Å². The average Bonchev–Trinajstić information content (AvgIpc) is 4.06. The highest BCUT2D eigenvalue weighted by Gasteiger charge is 2.44. The van der Waals surface area contributed by atoms with Crippen molar-refractivity contribution >= 4 is 66.4 Å². The third-order valence-corrected chi connectivity index (χ3v) is 15.5. The molecule has 14 nitrogen and oxygen atoms in total. The van der Waals surface area contributed by atoms with Gasteiger partial charge in [-0.15, -0.1) is 22.7 Å². The molecule has 4 heterocycles. The number of hydrogen-bond acceptors (Lipinski definition) is 13. The molecule has 2 fully saturated rings. The van der Waals surface area contributed by atoms with Crippen LogP contribution in [0.1, 0.15) is 51.4 Å². The van der Waals surface area contributed by atoms with Crippen LogP contribution in [0.25, 0.3) is 31.0 Å². The van der Waals surface area contributed by atoms with E-state index < -0.39 is 35.4 Å². The minimum absolute atomic E-state index is 0.00379. The molecule has 2 aromatic heterocycles. The minimum atomic E-state index is -0.943. The normalized spacial score (nSPS) is 17.6. The summed E-state index contributed by atoms with van der Waals surface area (Å²) in [6, 6.07) is 26.9. The number of nitrogens with one attached hydrogen (secondary N) is 2. The number of aromatic nitrogens is 1. The number of thiazole rings is 1. The molecule has 4 N–H and O–H groups in total. The maximum atomic E-state index is 14.1. The Bertz CT molecular complexity index is 2740. The third kappa shape index (κ3) is 12.7. The number of phenols is 1. The molecule has 0 spiro atoms. The Labute approximate surface area is 425 Å². The zero-order chi connectivity index (χ0) is 49.5. The summed E-state index contributed by atoms with van der Waals surface area (Å²) in [4.78, 5) is 53.5. The van der Waals surface area contributed by atoms with E-state index >= 15 is 0 Å². The van der Waals surface area contributed by atoms with Crippen LogP contribution in [-0.2, 0) is 19.1 Å². The number of aryl methyl sites for hydroxylation is 1. The van der Waals surface area contributed by atoms with Gasteiger partial charge in [0.15, 0.2) is 5.75 Å². The third-order valence-electron chi connectivity index (χ3n) is 12.8. The van der Waals surface area contributed by atoms with E-state index in [0.29, 0.717) is 25.5 Å². The summed E-state index contributed by atoms with van der Waals surface area (Å²) < 4.78 is 20.3. The van der Waals surface area contributed by atoms with Crippen molar-refractivity contribution in [1.82, 2.24) is 30.3 Å². The first-order valence-corrected chi connectivity index (χ1v) is 26.1. The number of amides is 3. The second-order valence-electron chi connectivity index (χ2n) is 19.0. The number of aliphatic hydroxyl groups excluding tert-OH is 1. The van der Waals surface area contributed by atoms with E-state index in [1.807, 2.05) is 119 Å². The maximum Gasteiger partial charge on any atom is 0.246 e. The summed E-state index contributed by atoms with van der Waals surface area (Å²) in [5.41, 5.74) is 5.10. The van der Waals surface area contributed by atoms with Crippen molar-refractivity contribution in [2.45, 2.75) is 65.3 Å². The molecular formula is C53H61BrN6O8S2. The van der Waals surface area contributed by atoms with Crippen LogP contribution in [0, 0.1) is 12.3 Å². The molecule has 8 rings (SSSR count). The number of rotatable bonds is 18. The first-order valence-electron chi connectivity index (χ1n) is 23.6. The molecular weight excluding hydrogens is 993 g/mol. The fraction of sp³-hybridized carbons (Fsp3) is 0.396. The Hall–Kier alpha value is -5.40. The van der Waals surface area contributed by atoms with Crippen molar-refractivity contribution in [2.24, 2.45) is 5.41 Å². The zero-order valence-corrected chi connectivity index (χ0v) is 43.4. The van der Waals surface area contributed by atoms with Crippen molar-refractivity contribution in [2.75, 3.05) is 65.6 Å². The largest absolute Gasteiger partial charge is 0.508 e. The average molecular weight is 1050 g/mol. The van der Waals surface area contributed by atoms with E-state index in [9.17, 15) is 24.6 Å². The van der Waals surface area contributed by atoms with Gasteiger partial charge in [-0.2, -0.15) is 0 Å². The fourth-order valence-electron chi connectivity index (χ4n) is 8.78. The highest BCUT2D eigenvalue weighted by Crippen LogP contribution is 2.47. The van der Waals surface area contributed by atoms with Gasteiger partial charge in [0.1, 0.15) is 42.5 Å². The second-order valence-corrected chi connectivity index (χ2v) is 21.8. The summed E-state index contributed by atoms with van der Waals surface area (Å²) in [5.74, 6) is 1.21. The van der Waals surface area contributed by atoms with E-state index in [1.54, 1.807) is 34.8 Å². The van der Waals surface area contributed by atoms with E-state index in [-0.39, 0.29) is 37.3 Å². The van der Waals surface area contributed by atoms with Gasteiger partial charge in [0.2, 0.25) is 17.7 Å². The minimum Gasteiger partial charge on any atom is -0.508 e. The molecule has 6 aromatic rings. The van der Waals surface area contributed by atoms with Gasteiger partial charge < -0.3 is 40.0 Å². The number of fused-ring (bicyclic) bond motifs is 1. The van der Waals surface area contributed by atoms with Crippen molar-refractivity contribution in [3.8, 4) is 43.9 Å². The van der Waals surface area contributed by atoms with Gasteiger partial charge in [0.25, 0.3) is 0 Å². The Balaban J connectivity index is 0.741. The van der Waals surface area contributed by atoms with Crippen LogP contribution in [0.15, 0.2) is 101 Å². The smallest absolute Gasteiger partial charge is 0.246 e. The zero-order valence-electron chi connectivity index (χ0n) is 40.2. The fourth-order valence-corrected chi connectivity index (χ4v) is 11.0. The number of aliphatic hydroxyl groups is 1. The molecule has 2 saturated heterocycles. The maximum absolute atomic E-state index is 14.1. The lowest BCUT2D eigenvalue weighted by Gasteiger charge is -2.35. The van der Waals surface area contributed by atoms with E-state index in [1.165, 1.54) is 4.90 Å². The number of benzene rings is 4. The Morgan fingerprint density at radius 3 is 2.16 bits per heavy atom. The number of phenolic OH excluding ortho intramolecular Hbond substituents is 1. The number of thiophene rings is 1. The molecule has 2 aliphatic heterocycles. The first kappa shape index (κ1) is 51.0. The molecule has 17 heteroatoms. The number of likely N-dealkylation sites (tertiary alicyclic amines) is 1. The Morgan fingerprint density at radius 2 is 1.50 bits per heavy atom. The van der Waals surface area contributed by atoms with E-state index in [4.69, 9.17) is 14.2 Å². The van der Waals surface area contributed by atoms with Gasteiger partial charge in [-0.25, -0.2) is 4.98 Å². The summed E-state index contributed by atoms with van der Waals surface area (Å²) in [6.45, 7) is 15.1. The second kappa shape index (κ2) is 22.8. The Kier molecular flexibility index (Phi) is 16.6. The molecule has 0 saturated carbocycles. The highest BCUT2D eigenvalue weighted by molar-refractivity contribution is 9.10. The van der Waals surface area contributed by atoms with Crippen LogP contribution in [0.4, 0.5) is 0 Å². The van der Waals surface area contributed by atoms with Crippen molar-refractivity contribution in [3.63, 3.8) is 0 Å². The van der Waals surface area contributed by atoms with Crippen LogP contribution < -0.4 is 20.1 Å². The number of halogens is 1. The molecule has 0 bridgehead atoms. The number of β-amino-alcohol motifs (C(OH)–C–C–N with tert-alkyl or cyclic N) is 1. The number of carbonyl (C=O) groups is 3. The van der Waals surface area contributed by atoms with Crippen LogP contribution in [0.5, 0.6) is 23.0 Å². The van der Waals surface area contributed by atoms with Gasteiger partial charge in [0, 0.05) is 66.8 Å². The molecule has 4 atom stereocenters. The highest BCUT2D eigenvalue weighted by atomic mass is 79.9. The van der Waals surface area contributed by atoms with Crippen LogP contribution in [0.3, 0.4) is 0 Å². The lowest BCUT2D eigenvalue weighted by molar-refractivity contribution is -0.144. The van der Waals surface area contributed by atoms with Gasteiger partial charge >= 0.3 is 0 Å². The number of nitrogens with zero attached hydrogens (tertiary/aromatic N) is 4. The molecule has 2 aliphatic rings. The van der Waals surface area contributed by atoms with Gasteiger partial charge in [-0.1, -0.05) is 73.1 Å². The molecule has 370 valence electrons. The number of hydrogen-bond donors (Lipinski definition) is 4. The summed E-state index contributed by atoms with van der Waals surface area (Å²) in [6.07, 6.45) is -0.762. The van der Waals surface area contributed by atoms with E-state index in [0.717, 1.165) is 90.9 Å². The molecule has 4 aromatic carbocycles. The van der Waals surface area contributed by atoms with Crippen molar-refractivity contribution in [1.29, 1.82) is 0 Å². The lowest BCUT2D eigenvalue weighted by atomic mass is 9.85. The standard InChI is InChI=1S/C53H61BrN6O8S2/c1-33(35-6-8-36(9-7-35)48-34(2)55-32-69-48)56-51(64)44-28-40(62)30-60(44)52(65)50(53(3,4)5)57-46(63)31-66-26-24-58-20-22-59(23-21-58)25-27-67-41-15-17-42(18-16-41)68-47-43-19-14-39(61)29-45(43)70-49(47)37-10-12-38(54)13-11-37/h6-19,29,32-33,40,44,50,61-62H,20-28,30-31H2,1-5H3,(H,56,64)(H,57,63)/t33-,40+,44-,50+/m0/s1. The molecule has 0 radical (unpaired) electrons. The Morgan fingerprint density at radius 1 is 0.857 bits per heavy atom. The SMILES string of the molecule is Cc1ncsc1-c1ccc([C@H](C)NC(=O)[C@@H]2C[C@@H](O)CN2C(=O)[C@@H](NC(=O)COCCN2CCN(CCOc3ccc(Oc4c(-c5ccc(Br)cc5)sc5cc(O)ccc45)cc3)CC2)C(C)(C)C)cc1. The topological polar surface area (TPSA) is 166 Å². The van der Waals surface area contributed by atoms with Crippen LogP contribution >= 0.6 is 38.6 Å². The molecule has 0 unspecified atom stereocenters. The first-order chi connectivity index (χ1) is 33.6. The summed E-state index contributed by atoms with van der Waals surface area (Å²) in [5, 5.41) is 27.6. The molecule has 70 heavy (non-hydrogen) atoms. The van der Waals surface area contributed by atoms with Crippen LogP contribution in [0.2, 0.25) is 0 Å². The predicted octanol–water partition coefficient (Wildman–Crippen LogP) is 8.64. The van der Waals surface area contributed by atoms with Crippen molar-refractivity contribution < 1.29 is 38.8 Å². The predicted molar refractivity (Wildman–Crippen MR) is 279 cm³/mol. The number of piperazine rings is 1.